The van der Waals surface area contributed by atoms with Crippen LogP contribution >= 0.6 is 0 Å². The number of amides is 1. The molecule has 7 heteroatoms. The maximum absolute atomic E-state index is 12.7. The maximum atomic E-state index is 12.7. The summed E-state index contributed by atoms with van der Waals surface area (Å²) < 4.78 is 33.0. The summed E-state index contributed by atoms with van der Waals surface area (Å²) in [5, 5.41) is 2.87. The van der Waals surface area contributed by atoms with Crippen LogP contribution in [0.15, 0.2) is 83.8 Å². The van der Waals surface area contributed by atoms with E-state index in [1.807, 2.05) is 18.2 Å². The Morgan fingerprint density at radius 2 is 1.68 bits per heavy atom. The standard InChI is InChI=1S/C24H26N2O4S/c1-18(19-7-4-3-5-8-19)15-16-25-24(27)20-9-6-10-23(17-20)31(28,29)26-21-11-13-22(30-2)14-12-21/h3-14,17-18,26H,15-16H2,1-2H3,(H,25,27). The molecule has 0 aliphatic heterocycles. The summed E-state index contributed by atoms with van der Waals surface area (Å²) in [6, 6.07) is 22.6. The predicted octanol–water partition coefficient (Wildman–Crippen LogP) is 4.42. The van der Waals surface area contributed by atoms with E-state index in [1.165, 1.54) is 24.8 Å². The van der Waals surface area contributed by atoms with Crippen molar-refractivity contribution in [2.75, 3.05) is 18.4 Å². The van der Waals surface area contributed by atoms with Gasteiger partial charge in [-0.15, -0.1) is 0 Å². The zero-order valence-corrected chi connectivity index (χ0v) is 18.4. The molecule has 0 aliphatic carbocycles. The summed E-state index contributed by atoms with van der Waals surface area (Å²) in [5.41, 5.74) is 1.92. The molecule has 0 fully saturated rings. The molecule has 0 saturated heterocycles. The second-order valence-corrected chi connectivity index (χ2v) is 8.90. The number of anilines is 1. The normalized spacial score (nSPS) is 12.1. The van der Waals surface area contributed by atoms with Gasteiger partial charge in [-0.1, -0.05) is 43.3 Å². The summed E-state index contributed by atoms with van der Waals surface area (Å²) in [6.07, 6.45) is 0.784. The van der Waals surface area contributed by atoms with Gasteiger partial charge in [0.2, 0.25) is 0 Å². The highest BCUT2D eigenvalue weighted by atomic mass is 32.2. The lowest BCUT2D eigenvalue weighted by atomic mass is 9.98. The first-order chi connectivity index (χ1) is 14.9. The van der Waals surface area contributed by atoms with Crippen molar-refractivity contribution in [3.05, 3.63) is 90.0 Å². The van der Waals surface area contributed by atoms with E-state index in [0.29, 0.717) is 29.5 Å². The second-order valence-electron chi connectivity index (χ2n) is 7.22. The molecule has 0 saturated carbocycles. The van der Waals surface area contributed by atoms with Crippen LogP contribution in [0.5, 0.6) is 5.75 Å². The minimum absolute atomic E-state index is 0.0219. The number of ether oxygens (including phenoxy) is 1. The predicted molar refractivity (Wildman–Crippen MR) is 122 cm³/mol. The number of sulfonamides is 1. The monoisotopic (exact) mass is 438 g/mol. The third-order valence-electron chi connectivity index (χ3n) is 4.98. The Kier molecular flexibility index (Phi) is 7.31. The highest BCUT2D eigenvalue weighted by Crippen LogP contribution is 2.20. The van der Waals surface area contributed by atoms with Crippen LogP contribution in [0.3, 0.4) is 0 Å². The summed E-state index contributed by atoms with van der Waals surface area (Å²) in [6.45, 7) is 2.61. The molecule has 3 aromatic carbocycles. The van der Waals surface area contributed by atoms with Crippen molar-refractivity contribution < 1.29 is 17.9 Å². The Labute approximate surface area is 183 Å². The van der Waals surface area contributed by atoms with E-state index in [2.05, 4.69) is 29.1 Å². The lowest BCUT2D eigenvalue weighted by Gasteiger charge is -2.13. The van der Waals surface area contributed by atoms with Crippen LogP contribution in [-0.4, -0.2) is 28.0 Å². The van der Waals surface area contributed by atoms with Crippen LogP contribution in [0.2, 0.25) is 0 Å². The molecular formula is C24H26N2O4S. The second kappa shape index (κ2) is 10.1. The molecule has 0 heterocycles. The van der Waals surface area contributed by atoms with Crippen molar-refractivity contribution >= 4 is 21.6 Å². The van der Waals surface area contributed by atoms with Crippen molar-refractivity contribution in [2.24, 2.45) is 0 Å². The number of hydrogen-bond acceptors (Lipinski definition) is 4. The van der Waals surface area contributed by atoms with Gasteiger partial charge in [-0.05, 0) is 60.4 Å². The van der Waals surface area contributed by atoms with E-state index in [4.69, 9.17) is 4.74 Å². The number of carbonyl (C=O) groups is 1. The van der Waals surface area contributed by atoms with Crippen LogP contribution in [-0.2, 0) is 10.0 Å². The van der Waals surface area contributed by atoms with E-state index < -0.39 is 10.0 Å². The molecule has 0 radical (unpaired) electrons. The smallest absolute Gasteiger partial charge is 0.261 e. The maximum Gasteiger partial charge on any atom is 0.261 e. The SMILES string of the molecule is COc1ccc(NS(=O)(=O)c2cccc(C(=O)NCCC(C)c3ccccc3)c2)cc1. The van der Waals surface area contributed by atoms with Crippen LogP contribution < -0.4 is 14.8 Å². The van der Waals surface area contributed by atoms with Gasteiger partial charge in [0, 0.05) is 17.8 Å². The first-order valence-electron chi connectivity index (χ1n) is 9.99. The van der Waals surface area contributed by atoms with E-state index >= 15 is 0 Å². The van der Waals surface area contributed by atoms with Crippen molar-refractivity contribution in [3.63, 3.8) is 0 Å². The fourth-order valence-electron chi connectivity index (χ4n) is 3.13. The molecule has 1 atom stereocenters. The summed E-state index contributed by atoms with van der Waals surface area (Å²) >= 11 is 0. The molecule has 162 valence electrons. The van der Waals surface area contributed by atoms with Crippen LogP contribution in [0.25, 0.3) is 0 Å². The highest BCUT2D eigenvalue weighted by Gasteiger charge is 2.17. The first kappa shape index (κ1) is 22.4. The number of hydrogen-bond donors (Lipinski definition) is 2. The molecule has 2 N–H and O–H groups in total. The van der Waals surface area contributed by atoms with E-state index in [0.717, 1.165) is 6.42 Å². The van der Waals surface area contributed by atoms with Gasteiger partial charge < -0.3 is 10.1 Å². The van der Waals surface area contributed by atoms with Gasteiger partial charge in [-0.25, -0.2) is 8.42 Å². The van der Waals surface area contributed by atoms with Crippen molar-refractivity contribution in [1.82, 2.24) is 5.32 Å². The molecular weight excluding hydrogens is 412 g/mol. The Hall–Kier alpha value is -3.32. The van der Waals surface area contributed by atoms with Crippen LogP contribution in [0, 0.1) is 0 Å². The topological polar surface area (TPSA) is 84.5 Å². The molecule has 31 heavy (non-hydrogen) atoms. The third-order valence-corrected chi connectivity index (χ3v) is 6.36. The first-order valence-corrected chi connectivity index (χ1v) is 11.5. The van der Waals surface area contributed by atoms with Crippen molar-refractivity contribution in [2.45, 2.75) is 24.2 Å². The van der Waals surface area contributed by atoms with Gasteiger partial charge in [-0.3, -0.25) is 9.52 Å². The molecule has 0 aliphatic rings. The van der Waals surface area contributed by atoms with Crippen LogP contribution in [0.1, 0.15) is 35.2 Å². The molecule has 0 aromatic heterocycles. The van der Waals surface area contributed by atoms with Gasteiger partial charge >= 0.3 is 0 Å². The summed E-state index contributed by atoms with van der Waals surface area (Å²) in [4.78, 5) is 12.6. The lowest BCUT2D eigenvalue weighted by Crippen LogP contribution is -2.25. The van der Waals surface area contributed by atoms with E-state index in [9.17, 15) is 13.2 Å². The molecule has 0 spiro atoms. The van der Waals surface area contributed by atoms with Crippen LogP contribution in [0.4, 0.5) is 5.69 Å². The van der Waals surface area contributed by atoms with Gasteiger partial charge in [0.1, 0.15) is 5.75 Å². The average Bonchev–Trinajstić information content (AvgIpc) is 2.80. The number of methoxy groups -OCH3 is 1. The van der Waals surface area contributed by atoms with E-state index in [-0.39, 0.29) is 10.8 Å². The number of rotatable bonds is 9. The van der Waals surface area contributed by atoms with Gasteiger partial charge in [0.05, 0.1) is 12.0 Å². The minimum Gasteiger partial charge on any atom is -0.497 e. The molecule has 3 aromatic rings. The zero-order chi connectivity index (χ0) is 22.3. The Bertz CT molecular complexity index is 1110. The van der Waals surface area contributed by atoms with Gasteiger partial charge in [0.25, 0.3) is 15.9 Å². The Morgan fingerprint density at radius 1 is 0.968 bits per heavy atom. The lowest BCUT2D eigenvalue weighted by molar-refractivity contribution is 0.0952. The number of benzene rings is 3. The number of carbonyl (C=O) groups excluding carboxylic acids is 1. The van der Waals surface area contributed by atoms with Crippen molar-refractivity contribution in [3.8, 4) is 5.75 Å². The molecule has 3 rings (SSSR count). The Balaban J connectivity index is 1.62. The quantitative estimate of drug-likeness (QED) is 0.518. The molecule has 6 nitrogen and oxygen atoms in total. The Morgan fingerprint density at radius 3 is 2.35 bits per heavy atom. The fourth-order valence-corrected chi connectivity index (χ4v) is 4.23. The number of nitrogens with one attached hydrogen (secondary N) is 2. The average molecular weight is 439 g/mol. The minimum atomic E-state index is -3.83. The van der Waals surface area contributed by atoms with Gasteiger partial charge in [0.15, 0.2) is 0 Å². The molecule has 0 bridgehead atoms. The highest BCUT2D eigenvalue weighted by molar-refractivity contribution is 7.92. The largest absolute Gasteiger partial charge is 0.497 e. The zero-order valence-electron chi connectivity index (χ0n) is 17.5. The summed E-state index contributed by atoms with van der Waals surface area (Å²) in [5.74, 6) is 0.631. The van der Waals surface area contributed by atoms with Gasteiger partial charge in [-0.2, -0.15) is 0 Å². The van der Waals surface area contributed by atoms with E-state index in [1.54, 1.807) is 36.4 Å². The van der Waals surface area contributed by atoms with Crippen molar-refractivity contribution in [1.29, 1.82) is 0 Å². The summed E-state index contributed by atoms with van der Waals surface area (Å²) in [7, 11) is -2.29. The molecule has 1 unspecified atom stereocenters. The molecule has 1 amide bonds. The third kappa shape index (κ3) is 6.08. The fraction of sp³-hybridized carbons (Fsp3) is 0.208.